The number of hydrogen-bond acceptors (Lipinski definition) is 3. The fourth-order valence-corrected chi connectivity index (χ4v) is 3.67. The first-order valence-electron chi connectivity index (χ1n) is 7.28. The molecule has 0 bridgehead atoms. The maximum Gasteiger partial charge on any atom is 0.408 e. The van der Waals surface area contributed by atoms with Crippen LogP contribution in [0.3, 0.4) is 0 Å². The molecule has 1 fully saturated rings. The molecule has 118 valence electrons. The Morgan fingerprint density at radius 2 is 1.77 bits per heavy atom. The van der Waals surface area contributed by atoms with Crippen molar-refractivity contribution in [3.8, 4) is 6.07 Å². The van der Waals surface area contributed by atoms with Crippen LogP contribution < -0.4 is 0 Å². The lowest BCUT2D eigenvalue weighted by molar-refractivity contribution is -0.152. The van der Waals surface area contributed by atoms with Crippen LogP contribution in [0, 0.1) is 11.3 Å². The van der Waals surface area contributed by atoms with Gasteiger partial charge in [-0.2, -0.15) is 5.26 Å². The largest absolute Gasteiger partial charge is 0.465 e. The van der Waals surface area contributed by atoms with Crippen molar-refractivity contribution in [1.82, 2.24) is 4.90 Å². The second-order valence-electron chi connectivity index (χ2n) is 7.36. The third kappa shape index (κ3) is 2.67. The van der Waals surface area contributed by atoms with Crippen LogP contribution in [0.5, 0.6) is 0 Å². The predicted octanol–water partition coefficient (Wildman–Crippen LogP) is 3.08. The summed E-state index contributed by atoms with van der Waals surface area (Å²) in [5.74, 6) is 0. The predicted molar refractivity (Wildman–Crippen MR) is 82.3 cm³/mol. The third-order valence-electron chi connectivity index (χ3n) is 4.19. The number of hydrogen-bond donors (Lipinski definition) is 2. The molecule has 0 radical (unpaired) electrons. The molecule has 22 heavy (non-hydrogen) atoms. The molecule has 0 aliphatic heterocycles. The second-order valence-corrected chi connectivity index (χ2v) is 7.36. The van der Waals surface area contributed by atoms with E-state index in [1.165, 1.54) is 4.90 Å². The molecule has 0 aromatic heterocycles. The van der Waals surface area contributed by atoms with Crippen LogP contribution in [0.25, 0.3) is 0 Å². The Hall–Kier alpha value is -2.06. The highest BCUT2D eigenvalue weighted by Gasteiger charge is 2.59. The van der Waals surface area contributed by atoms with Crippen LogP contribution >= 0.6 is 0 Å². The molecule has 1 aromatic rings. The SMILES string of the molecule is CC(C)(C)N(C(=O)O)[C@]1(c2ccc(C#N)cc2)C[C@](C)(O)C1. The summed E-state index contributed by atoms with van der Waals surface area (Å²) >= 11 is 0. The van der Waals surface area contributed by atoms with E-state index in [9.17, 15) is 15.0 Å². The molecule has 0 atom stereocenters. The van der Waals surface area contributed by atoms with Crippen molar-refractivity contribution in [3.63, 3.8) is 0 Å². The van der Waals surface area contributed by atoms with Crippen molar-refractivity contribution in [1.29, 1.82) is 5.26 Å². The van der Waals surface area contributed by atoms with Crippen molar-refractivity contribution in [2.75, 3.05) is 0 Å². The van der Waals surface area contributed by atoms with E-state index in [1.54, 1.807) is 31.2 Å². The van der Waals surface area contributed by atoms with Gasteiger partial charge in [-0.3, -0.25) is 4.90 Å². The summed E-state index contributed by atoms with van der Waals surface area (Å²) in [4.78, 5) is 13.3. The zero-order valence-electron chi connectivity index (χ0n) is 13.4. The van der Waals surface area contributed by atoms with Crippen molar-refractivity contribution < 1.29 is 15.0 Å². The number of carboxylic acid groups (broad SMARTS) is 1. The van der Waals surface area contributed by atoms with E-state index in [-0.39, 0.29) is 0 Å². The number of carbonyl (C=O) groups is 1. The van der Waals surface area contributed by atoms with Gasteiger partial charge >= 0.3 is 6.09 Å². The molecule has 1 aliphatic rings. The van der Waals surface area contributed by atoms with Gasteiger partial charge in [-0.25, -0.2) is 4.79 Å². The van der Waals surface area contributed by atoms with Crippen LogP contribution in [0.4, 0.5) is 4.79 Å². The minimum atomic E-state index is -1.01. The number of rotatable bonds is 2. The summed E-state index contributed by atoms with van der Waals surface area (Å²) in [5.41, 5.74) is -0.900. The van der Waals surface area contributed by atoms with Crippen LogP contribution in [0.2, 0.25) is 0 Å². The van der Waals surface area contributed by atoms with Gasteiger partial charge in [0.15, 0.2) is 0 Å². The van der Waals surface area contributed by atoms with E-state index in [4.69, 9.17) is 5.26 Å². The molecule has 1 saturated carbocycles. The maximum absolute atomic E-state index is 11.9. The molecule has 5 nitrogen and oxygen atoms in total. The number of benzene rings is 1. The Labute approximate surface area is 130 Å². The van der Waals surface area contributed by atoms with Crippen molar-refractivity contribution in [2.45, 2.75) is 57.2 Å². The van der Waals surface area contributed by atoms with Crippen LogP contribution in [-0.4, -0.2) is 32.3 Å². The molecular formula is C17H22N2O3. The van der Waals surface area contributed by atoms with E-state index in [0.717, 1.165) is 5.56 Å². The highest BCUT2D eigenvalue weighted by Crippen LogP contribution is 2.54. The second kappa shape index (κ2) is 4.99. The zero-order valence-corrected chi connectivity index (χ0v) is 13.4. The number of aliphatic hydroxyl groups is 1. The number of amides is 1. The molecule has 0 saturated heterocycles. The monoisotopic (exact) mass is 302 g/mol. The zero-order chi connectivity index (χ0) is 16.8. The summed E-state index contributed by atoms with van der Waals surface area (Å²) in [6, 6.07) is 9.01. The Balaban J connectivity index is 2.53. The fraction of sp³-hybridized carbons (Fsp3) is 0.529. The van der Waals surface area contributed by atoms with Crippen molar-refractivity contribution >= 4 is 6.09 Å². The molecule has 1 amide bonds. The van der Waals surface area contributed by atoms with Gasteiger partial charge in [0.2, 0.25) is 0 Å². The topological polar surface area (TPSA) is 84.6 Å². The Morgan fingerprint density at radius 3 is 2.09 bits per heavy atom. The van der Waals surface area contributed by atoms with Gasteiger partial charge in [0.25, 0.3) is 0 Å². The smallest absolute Gasteiger partial charge is 0.408 e. The summed E-state index contributed by atoms with van der Waals surface area (Å²) in [7, 11) is 0. The van der Waals surface area contributed by atoms with Gasteiger partial charge in [-0.15, -0.1) is 0 Å². The summed E-state index contributed by atoms with van der Waals surface area (Å²) in [6.07, 6.45) is -0.322. The molecule has 5 heteroatoms. The lowest BCUT2D eigenvalue weighted by Gasteiger charge is -2.60. The standard InChI is InChI=1S/C17H22N2O3/c1-15(2,3)19(14(20)21)17(10-16(4,22)11-17)13-7-5-12(9-18)6-8-13/h5-8,22H,10-11H2,1-4H3,(H,20,21)/t16-,17+. The van der Waals surface area contributed by atoms with Gasteiger partial charge in [0, 0.05) is 18.4 Å². The van der Waals surface area contributed by atoms with Gasteiger partial charge in [-0.1, -0.05) is 12.1 Å². The molecule has 2 rings (SSSR count). The van der Waals surface area contributed by atoms with Crippen LogP contribution in [0.15, 0.2) is 24.3 Å². The first-order chi connectivity index (χ1) is 10.0. The van der Waals surface area contributed by atoms with Gasteiger partial charge in [0.05, 0.1) is 22.8 Å². The van der Waals surface area contributed by atoms with Crippen LogP contribution in [0.1, 0.15) is 51.7 Å². The quantitative estimate of drug-likeness (QED) is 0.879. The molecule has 0 spiro atoms. The highest BCUT2D eigenvalue weighted by molar-refractivity contribution is 5.68. The van der Waals surface area contributed by atoms with Gasteiger partial charge < -0.3 is 10.2 Å². The summed E-state index contributed by atoms with van der Waals surface area (Å²) in [5, 5.41) is 28.9. The first kappa shape index (κ1) is 16.3. The lowest BCUT2D eigenvalue weighted by atomic mass is 9.60. The van der Waals surface area contributed by atoms with Gasteiger partial charge in [-0.05, 0) is 45.4 Å². The molecular weight excluding hydrogens is 280 g/mol. The summed E-state index contributed by atoms with van der Waals surface area (Å²) < 4.78 is 0. The van der Waals surface area contributed by atoms with Crippen LogP contribution in [-0.2, 0) is 5.54 Å². The Morgan fingerprint density at radius 1 is 1.27 bits per heavy atom. The highest BCUT2D eigenvalue weighted by atomic mass is 16.4. The fourth-order valence-electron chi connectivity index (χ4n) is 3.67. The van der Waals surface area contributed by atoms with E-state index in [2.05, 4.69) is 6.07 Å². The number of nitriles is 1. The van der Waals surface area contributed by atoms with Gasteiger partial charge in [0.1, 0.15) is 0 Å². The normalized spacial score (nSPS) is 27.6. The molecule has 1 aromatic carbocycles. The maximum atomic E-state index is 11.9. The third-order valence-corrected chi connectivity index (χ3v) is 4.19. The van der Waals surface area contributed by atoms with E-state index < -0.39 is 22.8 Å². The lowest BCUT2D eigenvalue weighted by Crippen LogP contribution is -2.67. The summed E-state index contributed by atoms with van der Waals surface area (Å²) in [6.45, 7) is 7.26. The molecule has 0 heterocycles. The van der Waals surface area contributed by atoms with E-state index in [1.807, 2.05) is 20.8 Å². The van der Waals surface area contributed by atoms with Crippen molar-refractivity contribution in [2.24, 2.45) is 0 Å². The molecule has 1 aliphatic carbocycles. The molecule has 2 N–H and O–H groups in total. The van der Waals surface area contributed by atoms with E-state index >= 15 is 0 Å². The Bertz CT molecular complexity index is 613. The average molecular weight is 302 g/mol. The minimum Gasteiger partial charge on any atom is -0.465 e. The van der Waals surface area contributed by atoms with E-state index in [0.29, 0.717) is 18.4 Å². The Kier molecular flexibility index (Phi) is 3.70. The molecule has 0 unspecified atom stereocenters. The first-order valence-corrected chi connectivity index (χ1v) is 7.28. The minimum absolute atomic E-state index is 0.343. The van der Waals surface area contributed by atoms with Crippen molar-refractivity contribution in [3.05, 3.63) is 35.4 Å². The average Bonchev–Trinajstić information content (AvgIpc) is 2.34. The number of nitrogens with zero attached hydrogens (tertiary/aromatic N) is 2.